The van der Waals surface area contributed by atoms with Crippen LogP contribution in [0.25, 0.3) is 16.6 Å². The van der Waals surface area contributed by atoms with Gasteiger partial charge in [0.05, 0.1) is 16.8 Å². The number of aromatic carboxylic acids is 2. The highest BCUT2D eigenvalue weighted by Crippen LogP contribution is 2.40. The van der Waals surface area contributed by atoms with Crippen molar-refractivity contribution in [3.8, 4) is 22.8 Å². The van der Waals surface area contributed by atoms with Gasteiger partial charge in [-0.25, -0.2) is 9.59 Å². The van der Waals surface area contributed by atoms with E-state index in [0.29, 0.717) is 24.6 Å². The number of anilines is 1. The molecule has 0 amide bonds. The number of fused-ring (bicyclic) bond motifs is 1. The lowest BCUT2D eigenvalue weighted by Crippen LogP contribution is -2.70. The number of carboxylic acid groups (broad SMARTS) is 2. The van der Waals surface area contributed by atoms with Gasteiger partial charge in [0.2, 0.25) is 0 Å². The SMILES string of the molecule is NC1=NC[N-]c2c1c(-c1ccc(Oc3ccccc3)cc1)nn2C1CCN(C2CN(C3CN(c4ccc(C(=O)O)c(C(=O)O)c4)C3)C2)CC1. The van der Waals surface area contributed by atoms with Crippen molar-refractivity contribution < 1.29 is 24.5 Å². The zero-order valence-corrected chi connectivity index (χ0v) is 26.9. The number of amidine groups is 1. The van der Waals surface area contributed by atoms with E-state index in [1.807, 2.05) is 54.6 Å². The molecule has 4 aliphatic heterocycles. The Hall–Kier alpha value is -5.40. The number of hydrogen-bond donors (Lipinski definition) is 3. The van der Waals surface area contributed by atoms with Gasteiger partial charge in [-0.05, 0) is 92.4 Å². The zero-order chi connectivity index (χ0) is 33.6. The molecule has 49 heavy (non-hydrogen) atoms. The maximum absolute atomic E-state index is 11.6. The van der Waals surface area contributed by atoms with Gasteiger partial charge in [0.15, 0.2) is 0 Å². The standard InChI is InChI=1S/C36H38N8O5/c37-33-31-32(22-6-9-28(10-7-22)49-27-4-2-1-3-5-27)40-44(34(31)39-21-38-33)23-12-14-41(15-13-23)25-17-43(18-25)26-19-42(20-26)24-8-11-29(35(45)46)30(16-24)36(47)48/h1-11,16,23,25-26H,12-15,17-21H2,(H5,37,38,39,40,45,46,47,48)/p-1. The minimum atomic E-state index is -1.24. The number of ether oxygens (including phenoxy) is 1. The molecule has 13 nitrogen and oxygen atoms in total. The largest absolute Gasteiger partial charge is 0.478 e. The summed E-state index contributed by atoms with van der Waals surface area (Å²) in [5.41, 5.74) is 9.32. The molecule has 4 N–H and O–H groups in total. The van der Waals surface area contributed by atoms with E-state index in [4.69, 9.17) is 20.9 Å². The summed E-state index contributed by atoms with van der Waals surface area (Å²) in [6.07, 6.45) is 1.94. The number of aromatic nitrogens is 2. The first-order chi connectivity index (χ1) is 23.8. The van der Waals surface area contributed by atoms with Gasteiger partial charge in [-0.1, -0.05) is 18.2 Å². The summed E-state index contributed by atoms with van der Waals surface area (Å²) < 4.78 is 8.06. The molecule has 5 heterocycles. The van der Waals surface area contributed by atoms with E-state index < -0.39 is 11.9 Å². The van der Waals surface area contributed by atoms with Gasteiger partial charge in [-0.15, -0.1) is 0 Å². The number of benzene rings is 3. The van der Waals surface area contributed by atoms with Crippen LogP contribution in [-0.2, 0) is 0 Å². The second-order valence-electron chi connectivity index (χ2n) is 13.0. The van der Waals surface area contributed by atoms with E-state index in [1.54, 1.807) is 6.07 Å². The number of nitrogens with zero attached hydrogens (tertiary/aromatic N) is 7. The minimum absolute atomic E-state index is 0.179. The third kappa shape index (κ3) is 5.85. The van der Waals surface area contributed by atoms with E-state index in [9.17, 15) is 19.8 Å². The van der Waals surface area contributed by atoms with Crippen LogP contribution in [0.4, 0.5) is 11.5 Å². The van der Waals surface area contributed by atoms with E-state index in [2.05, 4.69) is 24.4 Å². The van der Waals surface area contributed by atoms with Crippen molar-refractivity contribution in [1.82, 2.24) is 19.6 Å². The van der Waals surface area contributed by atoms with Gasteiger partial charge < -0.3 is 35.6 Å². The van der Waals surface area contributed by atoms with Crippen LogP contribution in [0.15, 0.2) is 77.8 Å². The third-order valence-electron chi connectivity index (χ3n) is 10.2. The number of likely N-dealkylation sites (tertiary alicyclic amines) is 2. The third-order valence-corrected chi connectivity index (χ3v) is 10.2. The Morgan fingerprint density at radius 2 is 1.47 bits per heavy atom. The molecule has 4 aromatic rings. The lowest BCUT2D eigenvalue weighted by atomic mass is 9.95. The smallest absolute Gasteiger partial charge is 0.336 e. The van der Waals surface area contributed by atoms with Crippen molar-refractivity contribution in [3.05, 3.63) is 94.8 Å². The molecule has 3 fully saturated rings. The number of aliphatic imine (C=N–C) groups is 1. The maximum atomic E-state index is 11.6. The molecule has 0 aliphatic carbocycles. The molecule has 13 heteroatoms. The number of para-hydroxylation sites is 1. The van der Waals surface area contributed by atoms with Crippen LogP contribution < -0.4 is 15.4 Å². The van der Waals surface area contributed by atoms with E-state index in [0.717, 1.165) is 91.9 Å². The minimum Gasteiger partial charge on any atom is -0.478 e. The molecular weight excluding hydrogens is 624 g/mol. The molecule has 8 rings (SSSR count). The monoisotopic (exact) mass is 661 g/mol. The highest BCUT2D eigenvalue weighted by molar-refractivity contribution is 6.08. The maximum Gasteiger partial charge on any atom is 0.336 e. The fourth-order valence-electron chi connectivity index (χ4n) is 7.33. The van der Waals surface area contributed by atoms with Crippen LogP contribution in [0.1, 0.15) is 45.2 Å². The van der Waals surface area contributed by atoms with Crippen molar-refractivity contribution in [3.63, 3.8) is 0 Å². The second-order valence-corrected chi connectivity index (χ2v) is 13.0. The van der Waals surface area contributed by atoms with Gasteiger partial charge in [0.1, 0.15) is 17.3 Å². The average molecular weight is 662 g/mol. The van der Waals surface area contributed by atoms with Crippen LogP contribution in [0, 0.1) is 0 Å². The Bertz CT molecular complexity index is 1910. The van der Waals surface area contributed by atoms with Crippen molar-refractivity contribution in [1.29, 1.82) is 0 Å². The summed E-state index contributed by atoms with van der Waals surface area (Å²) in [5, 5.41) is 28.6. The van der Waals surface area contributed by atoms with Gasteiger partial charge in [0, 0.05) is 61.7 Å². The second kappa shape index (κ2) is 12.6. The zero-order valence-electron chi connectivity index (χ0n) is 26.9. The Morgan fingerprint density at radius 3 is 2.16 bits per heavy atom. The molecule has 0 atom stereocenters. The number of carbonyl (C=O) groups is 2. The van der Waals surface area contributed by atoms with Crippen LogP contribution in [0.3, 0.4) is 0 Å². The summed E-state index contributed by atoms with van der Waals surface area (Å²) in [6.45, 7) is 5.87. The molecule has 3 saturated heterocycles. The highest BCUT2D eigenvalue weighted by atomic mass is 16.5. The lowest BCUT2D eigenvalue weighted by molar-refractivity contribution is -0.0160. The first-order valence-electron chi connectivity index (χ1n) is 16.6. The van der Waals surface area contributed by atoms with Crippen molar-refractivity contribution in [2.75, 3.05) is 50.8 Å². The topological polar surface area (TPSA) is 164 Å². The van der Waals surface area contributed by atoms with E-state index in [-0.39, 0.29) is 17.2 Å². The average Bonchev–Trinajstić information content (AvgIpc) is 3.47. The van der Waals surface area contributed by atoms with Crippen molar-refractivity contribution >= 4 is 29.3 Å². The molecule has 4 aliphatic rings. The molecule has 0 unspecified atom stereocenters. The summed E-state index contributed by atoms with van der Waals surface area (Å²) in [7, 11) is 0. The van der Waals surface area contributed by atoms with E-state index in [1.165, 1.54) is 12.1 Å². The van der Waals surface area contributed by atoms with Crippen LogP contribution in [0.2, 0.25) is 0 Å². The normalized spacial score (nSPS) is 18.9. The molecule has 0 bridgehead atoms. The molecule has 3 aromatic carbocycles. The van der Waals surface area contributed by atoms with Crippen molar-refractivity contribution in [2.24, 2.45) is 10.7 Å². The molecule has 0 radical (unpaired) electrons. The molecule has 252 valence electrons. The molecule has 1 aromatic heterocycles. The predicted octanol–water partition coefficient (Wildman–Crippen LogP) is 4.63. The molecule has 0 saturated carbocycles. The summed E-state index contributed by atoms with van der Waals surface area (Å²) in [4.78, 5) is 34.6. The quantitative estimate of drug-likeness (QED) is 0.230. The molecule has 0 spiro atoms. The summed E-state index contributed by atoms with van der Waals surface area (Å²) in [6, 6.07) is 23.3. The van der Waals surface area contributed by atoms with Gasteiger partial charge >= 0.3 is 11.9 Å². The Morgan fingerprint density at radius 1 is 0.796 bits per heavy atom. The van der Waals surface area contributed by atoms with Gasteiger partial charge in [-0.3, -0.25) is 19.9 Å². The van der Waals surface area contributed by atoms with Gasteiger partial charge in [0.25, 0.3) is 0 Å². The van der Waals surface area contributed by atoms with Gasteiger partial charge in [-0.2, -0.15) is 0 Å². The number of nitrogens with two attached hydrogens (primary N) is 1. The number of carboxylic acids is 2. The Labute approximate surface area is 283 Å². The highest BCUT2D eigenvalue weighted by Gasteiger charge is 2.42. The van der Waals surface area contributed by atoms with Crippen LogP contribution >= 0.6 is 0 Å². The number of piperidine rings is 1. The summed E-state index contributed by atoms with van der Waals surface area (Å²) in [5.74, 6) is 0.335. The summed E-state index contributed by atoms with van der Waals surface area (Å²) >= 11 is 0. The Kier molecular flexibility index (Phi) is 7.92. The number of hydrogen-bond acceptors (Lipinski definition) is 9. The fourth-order valence-corrected chi connectivity index (χ4v) is 7.33. The number of rotatable bonds is 9. The predicted molar refractivity (Wildman–Crippen MR) is 184 cm³/mol. The fraction of sp³-hybridized carbons (Fsp3) is 0.333. The van der Waals surface area contributed by atoms with Crippen LogP contribution in [-0.4, -0.2) is 106 Å². The van der Waals surface area contributed by atoms with Crippen LogP contribution in [0.5, 0.6) is 11.5 Å². The lowest BCUT2D eigenvalue weighted by Gasteiger charge is -2.55. The first-order valence-corrected chi connectivity index (χ1v) is 16.6. The van der Waals surface area contributed by atoms with Crippen molar-refractivity contribution in [2.45, 2.75) is 31.0 Å². The van der Waals surface area contributed by atoms with E-state index >= 15 is 0 Å². The molecular formula is C36H37N8O5-. The first kappa shape index (κ1) is 30.9. The Balaban J connectivity index is 0.873.